The number of fused-ring (bicyclic) bond motifs is 1. The summed E-state index contributed by atoms with van der Waals surface area (Å²) >= 11 is 1.79. The lowest BCUT2D eigenvalue weighted by atomic mass is 9.92. The fourth-order valence-corrected chi connectivity index (χ4v) is 4.98. The molecule has 1 amide bonds. The molecule has 1 atom stereocenters. The Kier molecular flexibility index (Phi) is 4.74. The number of thiophene rings is 1. The van der Waals surface area contributed by atoms with Crippen molar-refractivity contribution in [2.45, 2.75) is 19.0 Å². The molecule has 0 unspecified atom stereocenters. The molecule has 0 saturated heterocycles. The van der Waals surface area contributed by atoms with E-state index in [1.54, 1.807) is 17.5 Å². The van der Waals surface area contributed by atoms with Crippen molar-refractivity contribution in [3.63, 3.8) is 0 Å². The molecule has 5 rings (SSSR count). The Balaban J connectivity index is 1.48. The minimum absolute atomic E-state index is 0.0338. The number of carbonyl (C=O) groups is 1. The molecule has 4 nitrogen and oxygen atoms in total. The molecule has 29 heavy (non-hydrogen) atoms. The van der Waals surface area contributed by atoms with Crippen molar-refractivity contribution in [2.24, 2.45) is 0 Å². The predicted molar refractivity (Wildman–Crippen MR) is 115 cm³/mol. The number of rotatable bonds is 4. The van der Waals surface area contributed by atoms with Crippen molar-refractivity contribution < 1.29 is 4.79 Å². The highest BCUT2D eigenvalue weighted by atomic mass is 32.1. The Labute approximate surface area is 174 Å². The third kappa shape index (κ3) is 3.49. The summed E-state index contributed by atoms with van der Waals surface area (Å²) in [5, 5.41) is 6.41. The van der Waals surface area contributed by atoms with E-state index in [9.17, 15) is 4.79 Å². The highest BCUT2D eigenvalue weighted by molar-refractivity contribution is 7.10. The van der Waals surface area contributed by atoms with Gasteiger partial charge in [0.15, 0.2) is 0 Å². The summed E-state index contributed by atoms with van der Waals surface area (Å²) in [6.07, 6.45) is 4.61. The van der Waals surface area contributed by atoms with Gasteiger partial charge in [-0.3, -0.25) is 9.48 Å². The molecular weight excluding hydrogens is 378 g/mol. The van der Waals surface area contributed by atoms with E-state index in [0.717, 1.165) is 29.7 Å². The van der Waals surface area contributed by atoms with Crippen LogP contribution in [0.3, 0.4) is 0 Å². The zero-order valence-electron chi connectivity index (χ0n) is 15.9. The van der Waals surface area contributed by atoms with Crippen LogP contribution in [-0.2, 0) is 13.0 Å². The number of carbonyl (C=O) groups excluding carboxylic acids is 1. The first-order valence-electron chi connectivity index (χ1n) is 9.78. The van der Waals surface area contributed by atoms with Crippen molar-refractivity contribution in [1.29, 1.82) is 0 Å². The number of amides is 1. The molecule has 1 aliphatic heterocycles. The maximum atomic E-state index is 13.6. The number of nitrogens with zero attached hydrogens (tertiary/aromatic N) is 3. The SMILES string of the molecule is O=C(c1cccc(Cn2cccn2)c1)N1CCc2sccc2[C@@H]1c1ccccc1. The molecule has 0 saturated carbocycles. The van der Waals surface area contributed by atoms with Gasteiger partial charge in [-0.05, 0) is 52.8 Å². The maximum Gasteiger partial charge on any atom is 0.254 e. The Morgan fingerprint density at radius 1 is 1.07 bits per heavy atom. The zero-order chi connectivity index (χ0) is 19.6. The van der Waals surface area contributed by atoms with Gasteiger partial charge in [-0.1, -0.05) is 42.5 Å². The normalized spacial score (nSPS) is 15.9. The lowest BCUT2D eigenvalue weighted by Gasteiger charge is -2.36. The zero-order valence-corrected chi connectivity index (χ0v) is 16.8. The Hall–Kier alpha value is -3.18. The third-order valence-electron chi connectivity index (χ3n) is 5.42. The van der Waals surface area contributed by atoms with Crippen LogP contribution in [0.15, 0.2) is 84.5 Å². The number of benzene rings is 2. The molecule has 2 aromatic heterocycles. The van der Waals surface area contributed by atoms with Gasteiger partial charge in [0.05, 0.1) is 12.6 Å². The van der Waals surface area contributed by atoms with Crippen LogP contribution < -0.4 is 0 Å². The first-order chi connectivity index (χ1) is 14.3. The molecule has 1 aliphatic rings. The van der Waals surface area contributed by atoms with Crippen molar-refractivity contribution in [1.82, 2.24) is 14.7 Å². The monoisotopic (exact) mass is 399 g/mol. The lowest BCUT2D eigenvalue weighted by molar-refractivity contribution is 0.0696. The topological polar surface area (TPSA) is 38.1 Å². The minimum Gasteiger partial charge on any atom is -0.327 e. The second-order valence-corrected chi connectivity index (χ2v) is 8.27. The average molecular weight is 400 g/mol. The molecule has 0 N–H and O–H groups in total. The molecule has 144 valence electrons. The van der Waals surface area contributed by atoms with Crippen LogP contribution in [0.5, 0.6) is 0 Å². The van der Waals surface area contributed by atoms with Gasteiger partial charge < -0.3 is 4.90 Å². The van der Waals surface area contributed by atoms with E-state index in [4.69, 9.17) is 0 Å². The van der Waals surface area contributed by atoms with Gasteiger partial charge in [0, 0.05) is 29.4 Å². The first-order valence-corrected chi connectivity index (χ1v) is 10.7. The summed E-state index contributed by atoms with van der Waals surface area (Å²) in [7, 11) is 0. The molecule has 0 fully saturated rings. The van der Waals surface area contributed by atoms with E-state index in [0.29, 0.717) is 6.54 Å². The van der Waals surface area contributed by atoms with Gasteiger partial charge in [-0.15, -0.1) is 11.3 Å². The second-order valence-electron chi connectivity index (χ2n) is 7.26. The summed E-state index contributed by atoms with van der Waals surface area (Å²) in [6.45, 7) is 1.39. The Bertz CT molecular complexity index is 1120. The van der Waals surface area contributed by atoms with Crippen LogP contribution in [0.2, 0.25) is 0 Å². The summed E-state index contributed by atoms with van der Waals surface area (Å²) in [5.41, 5.74) is 4.22. The fraction of sp³-hybridized carbons (Fsp3) is 0.167. The first kappa shape index (κ1) is 17.9. The molecule has 5 heteroatoms. The van der Waals surface area contributed by atoms with E-state index in [1.165, 1.54) is 10.4 Å². The van der Waals surface area contributed by atoms with E-state index in [1.807, 2.05) is 64.3 Å². The van der Waals surface area contributed by atoms with Crippen LogP contribution in [0.4, 0.5) is 0 Å². The molecule has 0 aliphatic carbocycles. The van der Waals surface area contributed by atoms with Crippen molar-refractivity contribution in [3.05, 3.63) is 112 Å². The Morgan fingerprint density at radius 2 is 1.97 bits per heavy atom. The number of aromatic nitrogens is 2. The standard InChI is InChI=1S/C24H21N3OS/c28-24(20-9-4-6-18(16-20)17-26-13-5-12-25-26)27-14-10-22-21(11-15-29-22)23(27)19-7-2-1-3-8-19/h1-9,11-13,15-16,23H,10,14,17H2/t23-/m0/s1. The molecule has 0 spiro atoms. The summed E-state index contributed by atoms with van der Waals surface area (Å²) in [5.74, 6) is 0.0815. The smallest absolute Gasteiger partial charge is 0.254 e. The molecule has 0 radical (unpaired) electrons. The van der Waals surface area contributed by atoms with Gasteiger partial charge >= 0.3 is 0 Å². The van der Waals surface area contributed by atoms with Crippen LogP contribution in [0.1, 0.15) is 38.0 Å². The van der Waals surface area contributed by atoms with Crippen molar-refractivity contribution in [3.8, 4) is 0 Å². The average Bonchev–Trinajstić information content (AvgIpc) is 3.45. The quantitative estimate of drug-likeness (QED) is 0.495. The van der Waals surface area contributed by atoms with E-state index in [2.05, 4.69) is 28.7 Å². The highest BCUT2D eigenvalue weighted by Gasteiger charge is 2.33. The van der Waals surface area contributed by atoms with Gasteiger partial charge in [0.2, 0.25) is 0 Å². The Morgan fingerprint density at radius 3 is 2.79 bits per heavy atom. The van der Waals surface area contributed by atoms with Gasteiger partial charge in [-0.2, -0.15) is 5.10 Å². The number of hydrogen-bond donors (Lipinski definition) is 0. The van der Waals surface area contributed by atoms with Gasteiger partial charge in [0.1, 0.15) is 0 Å². The summed E-state index contributed by atoms with van der Waals surface area (Å²) in [4.78, 5) is 17.0. The predicted octanol–water partition coefficient (Wildman–Crippen LogP) is 4.78. The van der Waals surface area contributed by atoms with E-state index >= 15 is 0 Å². The van der Waals surface area contributed by atoms with Crippen LogP contribution in [0, 0.1) is 0 Å². The second kappa shape index (κ2) is 7.68. The molecule has 0 bridgehead atoms. The minimum atomic E-state index is -0.0338. The highest BCUT2D eigenvalue weighted by Crippen LogP contribution is 2.38. The number of hydrogen-bond acceptors (Lipinski definition) is 3. The summed E-state index contributed by atoms with van der Waals surface area (Å²) < 4.78 is 1.87. The third-order valence-corrected chi connectivity index (χ3v) is 6.42. The van der Waals surface area contributed by atoms with Crippen molar-refractivity contribution in [2.75, 3.05) is 6.54 Å². The molecule has 4 aromatic rings. The molecule has 2 aromatic carbocycles. The largest absolute Gasteiger partial charge is 0.327 e. The van der Waals surface area contributed by atoms with Gasteiger partial charge in [-0.25, -0.2) is 0 Å². The van der Waals surface area contributed by atoms with Crippen molar-refractivity contribution >= 4 is 17.2 Å². The summed E-state index contributed by atoms with van der Waals surface area (Å²) in [6, 6.07) is 22.3. The van der Waals surface area contributed by atoms with Crippen LogP contribution in [0.25, 0.3) is 0 Å². The van der Waals surface area contributed by atoms with Crippen LogP contribution >= 0.6 is 11.3 Å². The fourth-order valence-electron chi connectivity index (χ4n) is 4.08. The molecule has 3 heterocycles. The lowest BCUT2D eigenvalue weighted by Crippen LogP contribution is -2.40. The van der Waals surface area contributed by atoms with E-state index in [-0.39, 0.29) is 11.9 Å². The molecular formula is C24H21N3OS. The van der Waals surface area contributed by atoms with Gasteiger partial charge in [0.25, 0.3) is 5.91 Å². The maximum absolute atomic E-state index is 13.6. The van der Waals surface area contributed by atoms with Crippen LogP contribution in [-0.4, -0.2) is 27.1 Å². The van der Waals surface area contributed by atoms with E-state index < -0.39 is 0 Å².